The van der Waals surface area contributed by atoms with E-state index in [0.29, 0.717) is 5.92 Å². The fourth-order valence-electron chi connectivity index (χ4n) is 1.60. The van der Waals surface area contributed by atoms with Crippen LogP contribution in [0.15, 0.2) is 36.0 Å². The molecule has 0 bridgehead atoms. The van der Waals surface area contributed by atoms with Gasteiger partial charge in [0.05, 0.1) is 0 Å². The molecule has 0 aliphatic carbocycles. The van der Waals surface area contributed by atoms with E-state index in [1.807, 2.05) is 39.1 Å². The predicted octanol–water partition coefficient (Wildman–Crippen LogP) is 3.65. The zero-order valence-corrected chi connectivity index (χ0v) is 10.8. The molecule has 0 fully saturated rings. The molecule has 1 nitrogen and oxygen atoms in total. The van der Waals surface area contributed by atoms with Crippen LogP contribution in [0.25, 0.3) is 0 Å². The molecule has 0 rings (SSSR count). The van der Waals surface area contributed by atoms with Crippen LogP contribution in [0.1, 0.15) is 27.2 Å². The summed E-state index contributed by atoms with van der Waals surface area (Å²) >= 11 is 0. The quantitative estimate of drug-likeness (QED) is 0.652. The summed E-state index contributed by atoms with van der Waals surface area (Å²) in [6.45, 7) is 5.77. The van der Waals surface area contributed by atoms with Gasteiger partial charge in [-0.15, -0.1) is 0 Å². The average Bonchev–Trinajstić information content (AvgIpc) is 2.29. The van der Waals surface area contributed by atoms with Gasteiger partial charge in [0.25, 0.3) is 0 Å². The van der Waals surface area contributed by atoms with E-state index in [9.17, 15) is 4.39 Å². The Morgan fingerprint density at radius 3 is 2.44 bits per heavy atom. The summed E-state index contributed by atoms with van der Waals surface area (Å²) < 4.78 is 12.7. The maximum atomic E-state index is 12.7. The SMILES string of the molecule is C\C=C/C=C\C(=C/C)CC(C)C(CF)NC. The van der Waals surface area contributed by atoms with Gasteiger partial charge in [0.15, 0.2) is 0 Å². The number of hydrogen-bond acceptors (Lipinski definition) is 1. The van der Waals surface area contributed by atoms with Crippen LogP contribution in [-0.4, -0.2) is 19.8 Å². The minimum atomic E-state index is -0.312. The normalized spacial score (nSPS) is 17.2. The van der Waals surface area contributed by atoms with E-state index in [1.165, 1.54) is 5.57 Å². The molecule has 16 heavy (non-hydrogen) atoms. The molecule has 2 heteroatoms. The Labute approximate surface area is 99.1 Å². The molecule has 2 unspecified atom stereocenters. The molecule has 0 aromatic heterocycles. The van der Waals surface area contributed by atoms with E-state index >= 15 is 0 Å². The molecule has 0 aromatic carbocycles. The van der Waals surface area contributed by atoms with Crippen LogP contribution < -0.4 is 5.32 Å². The standard InChI is InChI=1S/C14H24FN/c1-5-7-8-9-13(6-2)10-12(3)14(11-15)16-4/h5-9,12,14,16H,10-11H2,1-4H3/b7-5-,9-8-,13-6+. The van der Waals surface area contributed by atoms with E-state index in [0.717, 1.165) is 6.42 Å². The summed E-state index contributed by atoms with van der Waals surface area (Å²) in [4.78, 5) is 0. The molecular formula is C14H24FN. The van der Waals surface area contributed by atoms with E-state index in [1.54, 1.807) is 0 Å². The first kappa shape index (κ1) is 15.1. The van der Waals surface area contributed by atoms with Crippen molar-refractivity contribution < 1.29 is 4.39 Å². The second-order valence-electron chi connectivity index (χ2n) is 3.98. The summed E-state index contributed by atoms with van der Waals surface area (Å²) in [6, 6.07) is -0.0509. The van der Waals surface area contributed by atoms with Crippen LogP contribution in [0.4, 0.5) is 4.39 Å². The fraction of sp³-hybridized carbons (Fsp3) is 0.571. The van der Waals surface area contributed by atoms with Crippen LogP contribution in [0.3, 0.4) is 0 Å². The topological polar surface area (TPSA) is 12.0 Å². The number of nitrogens with one attached hydrogen (secondary N) is 1. The number of rotatable bonds is 7. The summed E-state index contributed by atoms with van der Waals surface area (Å²) in [5, 5.41) is 3.01. The molecule has 0 saturated carbocycles. The Morgan fingerprint density at radius 2 is 2.00 bits per heavy atom. The molecule has 1 N–H and O–H groups in total. The molecule has 92 valence electrons. The van der Waals surface area contributed by atoms with Crippen molar-refractivity contribution >= 4 is 0 Å². The molecule has 0 saturated heterocycles. The van der Waals surface area contributed by atoms with Crippen LogP contribution in [-0.2, 0) is 0 Å². The Bertz CT molecular complexity index is 249. The van der Waals surface area contributed by atoms with Crippen molar-refractivity contribution in [2.75, 3.05) is 13.7 Å². The lowest BCUT2D eigenvalue weighted by molar-refractivity contribution is 0.311. The van der Waals surface area contributed by atoms with Crippen molar-refractivity contribution in [2.24, 2.45) is 5.92 Å². The van der Waals surface area contributed by atoms with Crippen molar-refractivity contribution in [3.8, 4) is 0 Å². The van der Waals surface area contributed by atoms with Crippen molar-refractivity contribution in [2.45, 2.75) is 33.2 Å². The first-order valence-corrected chi connectivity index (χ1v) is 5.87. The molecule has 0 aliphatic rings. The largest absolute Gasteiger partial charge is 0.314 e. The van der Waals surface area contributed by atoms with Gasteiger partial charge in [-0.2, -0.15) is 0 Å². The van der Waals surface area contributed by atoms with Crippen LogP contribution in [0, 0.1) is 5.92 Å². The molecule has 0 aromatic rings. The van der Waals surface area contributed by atoms with Gasteiger partial charge in [-0.05, 0) is 33.2 Å². The van der Waals surface area contributed by atoms with Gasteiger partial charge in [-0.1, -0.05) is 42.9 Å². The summed E-state index contributed by atoms with van der Waals surface area (Å²) in [5.41, 5.74) is 1.25. The van der Waals surface area contributed by atoms with Crippen molar-refractivity contribution in [3.05, 3.63) is 36.0 Å². The molecule has 0 spiro atoms. The van der Waals surface area contributed by atoms with E-state index in [2.05, 4.69) is 24.4 Å². The summed E-state index contributed by atoms with van der Waals surface area (Å²) in [7, 11) is 1.81. The Kier molecular flexibility index (Phi) is 8.82. The minimum Gasteiger partial charge on any atom is -0.314 e. The lowest BCUT2D eigenvalue weighted by Gasteiger charge is -2.20. The Morgan fingerprint density at radius 1 is 1.31 bits per heavy atom. The highest BCUT2D eigenvalue weighted by Crippen LogP contribution is 2.16. The number of allylic oxidation sites excluding steroid dienone is 6. The summed E-state index contributed by atoms with van der Waals surface area (Å²) in [6.07, 6.45) is 11.1. The Hall–Kier alpha value is -0.890. The van der Waals surface area contributed by atoms with Gasteiger partial charge in [0.1, 0.15) is 6.67 Å². The average molecular weight is 225 g/mol. The molecule has 0 radical (unpaired) electrons. The van der Waals surface area contributed by atoms with Crippen molar-refractivity contribution in [1.82, 2.24) is 5.32 Å². The summed E-state index contributed by atoms with van der Waals surface area (Å²) in [5.74, 6) is 0.302. The molecule has 2 atom stereocenters. The highest BCUT2D eigenvalue weighted by Gasteiger charge is 2.15. The third-order valence-corrected chi connectivity index (χ3v) is 2.77. The number of alkyl halides is 1. The molecule has 0 amide bonds. The van der Waals surface area contributed by atoms with Crippen molar-refractivity contribution in [3.63, 3.8) is 0 Å². The maximum absolute atomic E-state index is 12.7. The van der Waals surface area contributed by atoms with Crippen molar-refractivity contribution in [1.29, 1.82) is 0 Å². The fourth-order valence-corrected chi connectivity index (χ4v) is 1.60. The van der Waals surface area contributed by atoms with Gasteiger partial charge in [-0.3, -0.25) is 0 Å². The lowest BCUT2D eigenvalue weighted by Crippen LogP contribution is -2.34. The van der Waals surface area contributed by atoms with E-state index in [-0.39, 0.29) is 12.7 Å². The van der Waals surface area contributed by atoms with E-state index in [4.69, 9.17) is 0 Å². The predicted molar refractivity (Wildman–Crippen MR) is 70.3 cm³/mol. The third kappa shape index (κ3) is 5.86. The highest BCUT2D eigenvalue weighted by molar-refractivity contribution is 5.22. The highest BCUT2D eigenvalue weighted by atomic mass is 19.1. The lowest BCUT2D eigenvalue weighted by atomic mass is 9.94. The van der Waals surface area contributed by atoms with Crippen LogP contribution in [0.5, 0.6) is 0 Å². The first-order chi connectivity index (χ1) is 7.69. The van der Waals surface area contributed by atoms with Gasteiger partial charge >= 0.3 is 0 Å². The van der Waals surface area contributed by atoms with E-state index < -0.39 is 0 Å². The van der Waals surface area contributed by atoms with Gasteiger partial charge in [0, 0.05) is 6.04 Å². The third-order valence-electron chi connectivity index (χ3n) is 2.77. The van der Waals surface area contributed by atoms with Crippen LogP contribution in [0.2, 0.25) is 0 Å². The zero-order valence-electron chi connectivity index (χ0n) is 10.8. The molecule has 0 heterocycles. The number of hydrogen-bond donors (Lipinski definition) is 1. The zero-order chi connectivity index (χ0) is 12.4. The second kappa shape index (κ2) is 9.34. The second-order valence-corrected chi connectivity index (χ2v) is 3.98. The minimum absolute atomic E-state index is 0.0509. The smallest absolute Gasteiger partial charge is 0.105 e. The van der Waals surface area contributed by atoms with Gasteiger partial charge in [-0.25, -0.2) is 4.39 Å². The molecule has 0 aliphatic heterocycles. The van der Waals surface area contributed by atoms with Gasteiger partial charge in [0.2, 0.25) is 0 Å². The maximum Gasteiger partial charge on any atom is 0.105 e. The first-order valence-electron chi connectivity index (χ1n) is 5.87. The van der Waals surface area contributed by atoms with Crippen LogP contribution >= 0.6 is 0 Å². The van der Waals surface area contributed by atoms with Gasteiger partial charge < -0.3 is 5.32 Å². The molecular weight excluding hydrogens is 201 g/mol. The monoisotopic (exact) mass is 225 g/mol. The Balaban J connectivity index is 4.32. The number of halogens is 1.